The summed E-state index contributed by atoms with van der Waals surface area (Å²) in [7, 11) is 4.24. The van der Waals surface area contributed by atoms with Crippen molar-refractivity contribution in [3.63, 3.8) is 0 Å². The van der Waals surface area contributed by atoms with E-state index in [4.69, 9.17) is 9.72 Å². The fourth-order valence-corrected chi connectivity index (χ4v) is 2.52. The molecule has 1 aromatic heterocycles. The zero-order valence-corrected chi connectivity index (χ0v) is 12.9. The van der Waals surface area contributed by atoms with E-state index in [-0.39, 0.29) is 5.54 Å². The van der Waals surface area contributed by atoms with Gasteiger partial charge in [-0.3, -0.25) is 9.88 Å². The molecule has 1 fully saturated rings. The van der Waals surface area contributed by atoms with E-state index in [2.05, 4.69) is 51.9 Å². The van der Waals surface area contributed by atoms with Gasteiger partial charge in [-0.05, 0) is 52.4 Å². The number of aryl methyl sites for hydroxylation is 1. The summed E-state index contributed by atoms with van der Waals surface area (Å²) in [6, 6.07) is 4.44. The molecule has 1 aliphatic heterocycles. The average Bonchev–Trinajstić information content (AvgIpc) is 2.91. The molecule has 2 rings (SSSR count). The van der Waals surface area contributed by atoms with Gasteiger partial charge in [0.2, 0.25) is 0 Å². The first kappa shape index (κ1) is 14.5. The summed E-state index contributed by atoms with van der Waals surface area (Å²) in [5, 5.41) is 0. The van der Waals surface area contributed by atoms with Gasteiger partial charge in [0.25, 0.3) is 0 Å². The fourth-order valence-electron chi connectivity index (χ4n) is 2.52. The van der Waals surface area contributed by atoms with Crippen LogP contribution in [0.2, 0.25) is 0 Å². The van der Waals surface area contributed by atoms with Crippen LogP contribution >= 0.6 is 0 Å². The van der Waals surface area contributed by atoms with Gasteiger partial charge in [-0.1, -0.05) is 13.0 Å². The van der Waals surface area contributed by atoms with Crippen LogP contribution in [0.1, 0.15) is 50.1 Å². The number of pyridine rings is 1. The van der Waals surface area contributed by atoms with Crippen LogP contribution < -0.4 is 0 Å². The first-order valence-corrected chi connectivity index (χ1v) is 7.22. The van der Waals surface area contributed by atoms with Crippen molar-refractivity contribution in [3.8, 4) is 0 Å². The number of aromatic nitrogens is 1. The molecular weight excluding hydrogens is 236 g/mol. The Labute approximate surface area is 117 Å². The van der Waals surface area contributed by atoms with Crippen LogP contribution in [0.4, 0.5) is 0 Å². The first-order valence-electron chi connectivity index (χ1n) is 7.22. The second-order valence-corrected chi connectivity index (χ2v) is 6.11. The van der Waals surface area contributed by atoms with Crippen LogP contribution in [0.5, 0.6) is 0 Å². The lowest BCUT2D eigenvalue weighted by Gasteiger charge is -2.34. The van der Waals surface area contributed by atoms with Crippen molar-refractivity contribution in [2.75, 3.05) is 27.3 Å². The van der Waals surface area contributed by atoms with Crippen LogP contribution in [0.3, 0.4) is 0 Å². The fraction of sp³-hybridized carbons (Fsp3) is 0.688. The molecule has 0 aromatic carbocycles. The molecule has 0 bridgehead atoms. The third-order valence-electron chi connectivity index (χ3n) is 4.41. The Bertz CT molecular complexity index is 434. The maximum atomic E-state index is 5.55. The number of hydrogen-bond acceptors (Lipinski definition) is 3. The monoisotopic (exact) mass is 262 g/mol. The normalized spacial score (nSPS) is 20.2. The molecule has 0 unspecified atom stereocenters. The Morgan fingerprint density at radius 3 is 2.63 bits per heavy atom. The Kier molecular flexibility index (Phi) is 4.26. The zero-order valence-electron chi connectivity index (χ0n) is 12.9. The van der Waals surface area contributed by atoms with Gasteiger partial charge in [0.15, 0.2) is 0 Å². The lowest BCUT2D eigenvalue weighted by atomic mass is 9.87. The van der Waals surface area contributed by atoms with Crippen molar-refractivity contribution in [3.05, 3.63) is 29.1 Å². The van der Waals surface area contributed by atoms with E-state index in [1.165, 1.54) is 17.0 Å². The number of ether oxygens (including phenoxy) is 1. The van der Waals surface area contributed by atoms with E-state index in [0.29, 0.717) is 5.92 Å². The van der Waals surface area contributed by atoms with E-state index < -0.39 is 0 Å². The molecule has 3 nitrogen and oxygen atoms in total. The lowest BCUT2D eigenvalue weighted by molar-refractivity contribution is 0.184. The minimum atomic E-state index is -0.0525. The minimum absolute atomic E-state index is 0.0525. The average molecular weight is 262 g/mol. The molecule has 3 heteroatoms. The van der Waals surface area contributed by atoms with Crippen molar-refractivity contribution >= 4 is 0 Å². The van der Waals surface area contributed by atoms with Gasteiger partial charge in [-0.2, -0.15) is 0 Å². The number of nitrogens with zero attached hydrogens (tertiary/aromatic N) is 2. The van der Waals surface area contributed by atoms with E-state index >= 15 is 0 Å². The summed E-state index contributed by atoms with van der Waals surface area (Å²) >= 11 is 0. The topological polar surface area (TPSA) is 25.4 Å². The molecule has 0 N–H and O–H groups in total. The predicted molar refractivity (Wildman–Crippen MR) is 78.5 cm³/mol. The van der Waals surface area contributed by atoms with Crippen molar-refractivity contribution in [1.82, 2.24) is 9.88 Å². The molecule has 0 amide bonds. The van der Waals surface area contributed by atoms with E-state index in [1.54, 1.807) is 0 Å². The summed E-state index contributed by atoms with van der Waals surface area (Å²) in [6.45, 7) is 8.36. The van der Waals surface area contributed by atoms with Crippen LogP contribution in [-0.4, -0.2) is 37.2 Å². The summed E-state index contributed by atoms with van der Waals surface area (Å²) in [4.78, 5) is 7.18. The highest BCUT2D eigenvalue weighted by Crippen LogP contribution is 2.34. The lowest BCUT2D eigenvalue weighted by Crippen LogP contribution is -2.37. The summed E-state index contributed by atoms with van der Waals surface area (Å²) in [5.41, 5.74) is 3.71. The molecule has 0 spiro atoms. The maximum absolute atomic E-state index is 5.55. The Hall–Kier alpha value is -0.930. The Balaban J connectivity index is 2.47. The van der Waals surface area contributed by atoms with Gasteiger partial charge < -0.3 is 4.74 Å². The molecule has 1 atom stereocenters. The SMILES string of the molecule is CCc1ccc([C@@H]2CCOC2)c(C(C)(C)N(C)C)n1. The Morgan fingerprint density at radius 1 is 1.37 bits per heavy atom. The highest BCUT2D eigenvalue weighted by atomic mass is 16.5. The molecule has 106 valence electrons. The summed E-state index contributed by atoms with van der Waals surface area (Å²) in [6.07, 6.45) is 2.10. The summed E-state index contributed by atoms with van der Waals surface area (Å²) in [5.74, 6) is 0.507. The molecule has 1 aromatic rings. The van der Waals surface area contributed by atoms with Crippen LogP contribution in [0, 0.1) is 0 Å². The standard InChI is InChI=1S/C16H26N2O/c1-6-13-7-8-14(12-9-10-19-11-12)15(17-13)16(2,3)18(4)5/h7-8,12H,6,9-11H2,1-5H3/t12-/m1/s1. The highest BCUT2D eigenvalue weighted by molar-refractivity contribution is 5.32. The van der Waals surface area contributed by atoms with E-state index in [1.807, 2.05) is 0 Å². The summed E-state index contributed by atoms with van der Waals surface area (Å²) < 4.78 is 5.55. The van der Waals surface area contributed by atoms with Gasteiger partial charge in [0.05, 0.1) is 17.8 Å². The first-order chi connectivity index (χ1) is 8.96. The van der Waals surface area contributed by atoms with Gasteiger partial charge in [-0.15, -0.1) is 0 Å². The van der Waals surface area contributed by atoms with Crippen LogP contribution in [0.25, 0.3) is 0 Å². The predicted octanol–water partition coefficient (Wildman–Crippen LogP) is 2.94. The van der Waals surface area contributed by atoms with Gasteiger partial charge in [0.1, 0.15) is 0 Å². The van der Waals surface area contributed by atoms with Gasteiger partial charge in [-0.25, -0.2) is 0 Å². The van der Waals surface area contributed by atoms with Crippen molar-refractivity contribution in [2.45, 2.75) is 45.1 Å². The second-order valence-electron chi connectivity index (χ2n) is 6.11. The van der Waals surface area contributed by atoms with Crippen molar-refractivity contribution in [2.24, 2.45) is 0 Å². The van der Waals surface area contributed by atoms with Crippen LogP contribution in [0.15, 0.2) is 12.1 Å². The molecule has 0 saturated carbocycles. The van der Waals surface area contributed by atoms with Crippen LogP contribution in [-0.2, 0) is 16.7 Å². The quantitative estimate of drug-likeness (QED) is 0.834. The molecule has 19 heavy (non-hydrogen) atoms. The third kappa shape index (κ3) is 2.82. The maximum Gasteiger partial charge on any atom is 0.0639 e. The smallest absolute Gasteiger partial charge is 0.0639 e. The molecular formula is C16H26N2O. The van der Waals surface area contributed by atoms with Crippen molar-refractivity contribution < 1.29 is 4.74 Å². The molecule has 2 heterocycles. The highest BCUT2D eigenvalue weighted by Gasteiger charge is 2.31. The van der Waals surface area contributed by atoms with Crippen molar-refractivity contribution in [1.29, 1.82) is 0 Å². The number of rotatable bonds is 4. The number of hydrogen-bond donors (Lipinski definition) is 0. The molecule has 0 radical (unpaired) electrons. The van der Waals surface area contributed by atoms with E-state index in [0.717, 1.165) is 26.1 Å². The Morgan fingerprint density at radius 2 is 2.11 bits per heavy atom. The van der Waals surface area contributed by atoms with Gasteiger partial charge in [0, 0.05) is 18.2 Å². The minimum Gasteiger partial charge on any atom is -0.381 e. The zero-order chi connectivity index (χ0) is 14.0. The molecule has 1 aliphatic rings. The molecule has 0 aliphatic carbocycles. The third-order valence-corrected chi connectivity index (χ3v) is 4.41. The largest absolute Gasteiger partial charge is 0.381 e. The van der Waals surface area contributed by atoms with E-state index in [9.17, 15) is 0 Å². The molecule has 1 saturated heterocycles. The van der Waals surface area contributed by atoms with Gasteiger partial charge >= 0.3 is 0 Å². The second kappa shape index (κ2) is 5.59.